The van der Waals surface area contributed by atoms with Gasteiger partial charge in [-0.25, -0.2) is 0 Å². The molecule has 7 heteroatoms. The summed E-state index contributed by atoms with van der Waals surface area (Å²) in [6.45, 7) is 7.68. The van der Waals surface area contributed by atoms with Gasteiger partial charge in [0.05, 0.1) is 75.3 Å². The second kappa shape index (κ2) is 8.17. The molecule has 0 spiro atoms. The molecule has 146 valence electrons. The quantitative estimate of drug-likeness (QED) is 0.522. The average Bonchev–Trinajstić information content (AvgIpc) is 3.35. The van der Waals surface area contributed by atoms with Crippen molar-refractivity contribution in [3.8, 4) is 0 Å². The Balaban J connectivity index is 0.000000415. The number of aliphatic hydroxyl groups is 2. The zero-order valence-electron chi connectivity index (χ0n) is 15.3. The van der Waals surface area contributed by atoms with Crippen LogP contribution in [0.5, 0.6) is 0 Å². The molecule has 4 rings (SSSR count). The van der Waals surface area contributed by atoms with Gasteiger partial charge in [-0.2, -0.15) is 0 Å². The van der Waals surface area contributed by atoms with Crippen LogP contribution in [0.4, 0.5) is 0 Å². The van der Waals surface area contributed by atoms with Crippen molar-refractivity contribution in [2.45, 2.75) is 75.1 Å². The predicted octanol–water partition coefficient (Wildman–Crippen LogP) is 0.647. The molecule has 0 bridgehead atoms. The third-order valence-corrected chi connectivity index (χ3v) is 4.84. The van der Waals surface area contributed by atoms with Gasteiger partial charge in [0.1, 0.15) is 0 Å². The Morgan fingerprint density at radius 3 is 1.08 bits per heavy atom. The van der Waals surface area contributed by atoms with Crippen molar-refractivity contribution in [1.82, 2.24) is 0 Å². The van der Waals surface area contributed by atoms with Gasteiger partial charge in [-0.05, 0) is 13.8 Å². The van der Waals surface area contributed by atoms with E-state index in [4.69, 9.17) is 33.9 Å². The summed E-state index contributed by atoms with van der Waals surface area (Å²) in [4.78, 5) is 0. The van der Waals surface area contributed by atoms with Gasteiger partial charge < -0.3 is 33.9 Å². The van der Waals surface area contributed by atoms with Crippen LogP contribution >= 0.6 is 0 Å². The summed E-state index contributed by atoms with van der Waals surface area (Å²) in [6, 6.07) is 0. The van der Waals surface area contributed by atoms with Gasteiger partial charge in [-0.1, -0.05) is 0 Å². The average molecular weight is 360 g/mol. The minimum absolute atomic E-state index is 0.125. The largest absolute Gasteiger partial charge is 0.394 e. The minimum Gasteiger partial charge on any atom is -0.394 e. The van der Waals surface area contributed by atoms with Crippen molar-refractivity contribution < 1.29 is 33.9 Å². The third kappa shape index (κ3) is 7.46. The molecule has 0 aliphatic carbocycles. The maximum absolute atomic E-state index is 7.62. The molecule has 4 aliphatic heterocycles. The van der Waals surface area contributed by atoms with Crippen molar-refractivity contribution in [1.29, 1.82) is 0 Å². The van der Waals surface area contributed by atoms with E-state index in [2.05, 4.69) is 13.8 Å². The van der Waals surface area contributed by atoms with Crippen LogP contribution in [0.1, 0.15) is 39.5 Å². The van der Waals surface area contributed by atoms with Gasteiger partial charge in [0, 0.05) is 25.7 Å². The Labute approximate surface area is 149 Å². The summed E-state index contributed by atoms with van der Waals surface area (Å²) in [5.41, 5.74) is -0.359. The molecular formula is C18H32O7. The highest BCUT2D eigenvalue weighted by Crippen LogP contribution is 2.41. The van der Waals surface area contributed by atoms with E-state index in [1.165, 1.54) is 0 Å². The standard InChI is InChI=1S/C16H26O5.C2H6O2/c1-15(3-11-7-17-11,4-12-8-18-12)21-16(2,5-13-9-19-13)6-14-10-20-14;3-1-2-4/h11-14H,3-10H2,1-2H3;3-4H,1-2H2. The fourth-order valence-corrected chi connectivity index (χ4v) is 3.60. The lowest BCUT2D eigenvalue weighted by Crippen LogP contribution is -2.44. The predicted molar refractivity (Wildman–Crippen MR) is 89.5 cm³/mol. The topological polar surface area (TPSA) is 99.8 Å². The second-order valence-corrected chi connectivity index (χ2v) is 8.09. The van der Waals surface area contributed by atoms with E-state index < -0.39 is 0 Å². The molecule has 0 aromatic carbocycles. The lowest BCUT2D eigenvalue weighted by molar-refractivity contribution is -0.161. The maximum atomic E-state index is 7.62. The summed E-state index contributed by atoms with van der Waals surface area (Å²) in [5.74, 6) is 0. The highest BCUT2D eigenvalue weighted by molar-refractivity contribution is 4.96. The summed E-state index contributed by atoms with van der Waals surface area (Å²) in [5, 5.41) is 15.2. The van der Waals surface area contributed by atoms with E-state index >= 15 is 0 Å². The zero-order chi connectivity index (χ0) is 17.9. The van der Waals surface area contributed by atoms with Gasteiger partial charge in [0.25, 0.3) is 0 Å². The van der Waals surface area contributed by atoms with Gasteiger partial charge in [0.2, 0.25) is 0 Å². The normalized spacial score (nSPS) is 36.5. The Morgan fingerprint density at radius 1 is 0.680 bits per heavy atom. The molecule has 0 radical (unpaired) electrons. The molecule has 4 heterocycles. The summed E-state index contributed by atoms with van der Waals surface area (Å²) in [6.07, 6.45) is 5.30. The monoisotopic (exact) mass is 360 g/mol. The molecule has 0 aromatic rings. The molecule has 0 aromatic heterocycles. The Morgan fingerprint density at radius 2 is 0.920 bits per heavy atom. The van der Waals surface area contributed by atoms with E-state index in [-0.39, 0.29) is 24.4 Å². The maximum Gasteiger partial charge on any atom is 0.0837 e. The molecule has 4 unspecified atom stereocenters. The Kier molecular flexibility index (Phi) is 6.36. The first-order valence-corrected chi connectivity index (χ1v) is 9.32. The van der Waals surface area contributed by atoms with Gasteiger partial charge in [-0.15, -0.1) is 0 Å². The fourth-order valence-electron chi connectivity index (χ4n) is 3.60. The summed E-state index contributed by atoms with van der Waals surface area (Å²) < 4.78 is 28.5. The molecule has 7 nitrogen and oxygen atoms in total. The lowest BCUT2D eigenvalue weighted by Gasteiger charge is -2.40. The molecular weight excluding hydrogens is 328 g/mol. The molecule has 25 heavy (non-hydrogen) atoms. The zero-order valence-corrected chi connectivity index (χ0v) is 15.3. The smallest absolute Gasteiger partial charge is 0.0837 e. The number of rotatable bonds is 11. The lowest BCUT2D eigenvalue weighted by atomic mass is 9.89. The van der Waals surface area contributed by atoms with Crippen molar-refractivity contribution in [3.05, 3.63) is 0 Å². The Hall–Kier alpha value is -0.280. The SMILES string of the molecule is CC(CC1CO1)(CC1CO1)OC(C)(CC1CO1)CC1CO1.OCCO. The molecule has 4 aliphatic rings. The first-order chi connectivity index (χ1) is 11.9. The van der Waals surface area contributed by atoms with Crippen LogP contribution in [0.2, 0.25) is 0 Å². The van der Waals surface area contributed by atoms with E-state index in [9.17, 15) is 0 Å². The summed E-state index contributed by atoms with van der Waals surface area (Å²) >= 11 is 0. The molecule has 4 atom stereocenters. The van der Waals surface area contributed by atoms with Crippen LogP contribution < -0.4 is 0 Å². The second-order valence-electron chi connectivity index (χ2n) is 8.09. The number of ether oxygens (including phenoxy) is 5. The van der Waals surface area contributed by atoms with Crippen molar-refractivity contribution in [2.24, 2.45) is 0 Å². The van der Waals surface area contributed by atoms with Crippen LogP contribution in [0, 0.1) is 0 Å². The number of hydrogen-bond donors (Lipinski definition) is 2. The van der Waals surface area contributed by atoms with Crippen LogP contribution in [-0.4, -0.2) is 85.5 Å². The van der Waals surface area contributed by atoms with Crippen LogP contribution in [0.3, 0.4) is 0 Å². The Bertz CT molecular complexity index is 348. The van der Waals surface area contributed by atoms with Gasteiger partial charge in [-0.3, -0.25) is 0 Å². The van der Waals surface area contributed by atoms with E-state index in [1.807, 2.05) is 0 Å². The molecule has 0 amide bonds. The minimum atomic E-state index is -0.180. The van der Waals surface area contributed by atoms with Gasteiger partial charge >= 0.3 is 0 Å². The molecule has 4 saturated heterocycles. The fraction of sp³-hybridized carbons (Fsp3) is 1.00. The number of epoxide rings is 4. The third-order valence-electron chi connectivity index (χ3n) is 4.84. The number of aliphatic hydroxyl groups excluding tert-OH is 2. The molecule has 4 fully saturated rings. The highest BCUT2D eigenvalue weighted by Gasteiger charge is 2.47. The first-order valence-electron chi connectivity index (χ1n) is 9.32. The first kappa shape index (κ1) is 19.5. The van der Waals surface area contributed by atoms with Crippen molar-refractivity contribution in [3.63, 3.8) is 0 Å². The van der Waals surface area contributed by atoms with E-state index in [1.54, 1.807) is 0 Å². The van der Waals surface area contributed by atoms with E-state index in [0.29, 0.717) is 24.4 Å². The van der Waals surface area contributed by atoms with Gasteiger partial charge in [0.15, 0.2) is 0 Å². The van der Waals surface area contributed by atoms with Crippen molar-refractivity contribution >= 4 is 0 Å². The molecule has 0 saturated carbocycles. The highest BCUT2D eigenvalue weighted by atomic mass is 16.6. The number of hydrogen-bond acceptors (Lipinski definition) is 7. The van der Waals surface area contributed by atoms with Crippen LogP contribution in [0.15, 0.2) is 0 Å². The molecule has 2 N–H and O–H groups in total. The van der Waals surface area contributed by atoms with Crippen LogP contribution in [0.25, 0.3) is 0 Å². The summed E-state index contributed by atoms with van der Waals surface area (Å²) in [7, 11) is 0. The van der Waals surface area contributed by atoms with Crippen molar-refractivity contribution in [2.75, 3.05) is 39.6 Å². The van der Waals surface area contributed by atoms with E-state index in [0.717, 1.165) is 52.1 Å². The van der Waals surface area contributed by atoms with Crippen LogP contribution in [-0.2, 0) is 23.7 Å².